The van der Waals surface area contributed by atoms with E-state index in [9.17, 15) is 4.79 Å². The van der Waals surface area contributed by atoms with Crippen molar-refractivity contribution in [2.24, 2.45) is 0 Å². The Morgan fingerprint density at radius 1 is 1.07 bits per heavy atom. The third-order valence-corrected chi connectivity index (χ3v) is 2.10. The van der Waals surface area contributed by atoms with E-state index in [1.165, 1.54) is 0 Å². The SMILES string of the molecule is CCC=CCC=CCCCCCC(=O)O. The third-order valence-electron chi connectivity index (χ3n) is 2.10. The Labute approximate surface area is 92.7 Å². The maximum atomic E-state index is 10.2. The molecule has 0 bridgehead atoms. The fourth-order valence-corrected chi connectivity index (χ4v) is 1.27. The van der Waals surface area contributed by atoms with Crippen LogP contribution in [0.5, 0.6) is 0 Å². The van der Waals surface area contributed by atoms with E-state index in [0.29, 0.717) is 6.42 Å². The summed E-state index contributed by atoms with van der Waals surface area (Å²) >= 11 is 0. The van der Waals surface area contributed by atoms with E-state index in [0.717, 1.165) is 38.5 Å². The Kier molecular flexibility index (Phi) is 10.3. The number of rotatable bonds is 9. The van der Waals surface area contributed by atoms with E-state index in [4.69, 9.17) is 5.11 Å². The van der Waals surface area contributed by atoms with Crippen molar-refractivity contribution < 1.29 is 9.90 Å². The Bertz CT molecular complexity index is 205. The second-order valence-corrected chi connectivity index (χ2v) is 3.58. The van der Waals surface area contributed by atoms with Crippen LogP contribution in [0.2, 0.25) is 0 Å². The third kappa shape index (κ3) is 12.9. The van der Waals surface area contributed by atoms with Gasteiger partial charge in [0.1, 0.15) is 0 Å². The molecule has 0 fully saturated rings. The lowest BCUT2D eigenvalue weighted by Gasteiger charge is -1.94. The number of hydrogen-bond donors (Lipinski definition) is 1. The second kappa shape index (κ2) is 11.0. The average molecular weight is 210 g/mol. The van der Waals surface area contributed by atoms with E-state index in [1.54, 1.807) is 0 Å². The number of unbranched alkanes of at least 4 members (excludes halogenated alkanes) is 3. The smallest absolute Gasteiger partial charge is 0.303 e. The van der Waals surface area contributed by atoms with Crippen molar-refractivity contribution in [3.8, 4) is 0 Å². The van der Waals surface area contributed by atoms with Crippen LogP contribution in [0.1, 0.15) is 51.9 Å². The van der Waals surface area contributed by atoms with Gasteiger partial charge in [0.15, 0.2) is 0 Å². The van der Waals surface area contributed by atoms with Crippen molar-refractivity contribution in [1.29, 1.82) is 0 Å². The number of aliphatic carboxylic acids is 1. The van der Waals surface area contributed by atoms with E-state index < -0.39 is 5.97 Å². The lowest BCUT2D eigenvalue weighted by molar-refractivity contribution is -0.137. The molecule has 0 saturated heterocycles. The average Bonchev–Trinajstić information content (AvgIpc) is 2.20. The Morgan fingerprint density at radius 3 is 2.47 bits per heavy atom. The van der Waals surface area contributed by atoms with Crippen LogP contribution in [0.4, 0.5) is 0 Å². The highest BCUT2D eigenvalue weighted by Crippen LogP contribution is 2.04. The van der Waals surface area contributed by atoms with E-state index in [1.807, 2.05) is 0 Å². The van der Waals surface area contributed by atoms with Gasteiger partial charge in [0.05, 0.1) is 0 Å². The van der Waals surface area contributed by atoms with Gasteiger partial charge in [0.2, 0.25) is 0 Å². The molecular formula is C13H22O2. The zero-order valence-corrected chi connectivity index (χ0v) is 9.61. The highest BCUT2D eigenvalue weighted by molar-refractivity contribution is 5.66. The van der Waals surface area contributed by atoms with Gasteiger partial charge in [0.25, 0.3) is 0 Å². The van der Waals surface area contributed by atoms with Gasteiger partial charge < -0.3 is 5.11 Å². The van der Waals surface area contributed by atoms with Crippen molar-refractivity contribution in [3.05, 3.63) is 24.3 Å². The van der Waals surface area contributed by atoms with Gasteiger partial charge in [-0.15, -0.1) is 0 Å². The van der Waals surface area contributed by atoms with Gasteiger partial charge in [-0.2, -0.15) is 0 Å². The molecule has 0 aliphatic rings. The summed E-state index contributed by atoms with van der Waals surface area (Å²) in [5, 5.41) is 8.42. The van der Waals surface area contributed by atoms with Crippen molar-refractivity contribution in [2.75, 3.05) is 0 Å². The summed E-state index contributed by atoms with van der Waals surface area (Å²) in [5.41, 5.74) is 0. The van der Waals surface area contributed by atoms with Crippen LogP contribution >= 0.6 is 0 Å². The molecule has 0 aliphatic carbocycles. The quantitative estimate of drug-likeness (QED) is 0.462. The molecule has 0 heterocycles. The molecule has 0 rings (SSSR count). The topological polar surface area (TPSA) is 37.3 Å². The van der Waals surface area contributed by atoms with Gasteiger partial charge >= 0.3 is 5.97 Å². The summed E-state index contributed by atoms with van der Waals surface area (Å²) < 4.78 is 0. The van der Waals surface area contributed by atoms with Crippen molar-refractivity contribution >= 4 is 5.97 Å². The van der Waals surface area contributed by atoms with Crippen LogP contribution in [0.15, 0.2) is 24.3 Å². The highest BCUT2D eigenvalue weighted by Gasteiger charge is 1.94. The largest absolute Gasteiger partial charge is 0.481 e. The molecule has 0 radical (unpaired) electrons. The monoisotopic (exact) mass is 210 g/mol. The Hall–Kier alpha value is -1.05. The van der Waals surface area contributed by atoms with Crippen LogP contribution in [0, 0.1) is 0 Å². The second-order valence-electron chi connectivity index (χ2n) is 3.58. The lowest BCUT2D eigenvalue weighted by Crippen LogP contribution is -1.93. The number of carboxylic acid groups (broad SMARTS) is 1. The van der Waals surface area contributed by atoms with Gasteiger partial charge in [-0.25, -0.2) is 0 Å². The fourth-order valence-electron chi connectivity index (χ4n) is 1.27. The Morgan fingerprint density at radius 2 is 1.80 bits per heavy atom. The van der Waals surface area contributed by atoms with Crippen LogP contribution < -0.4 is 0 Å². The van der Waals surface area contributed by atoms with Crippen LogP contribution in [-0.2, 0) is 4.79 Å². The molecule has 0 unspecified atom stereocenters. The number of hydrogen-bond acceptors (Lipinski definition) is 1. The minimum atomic E-state index is -0.685. The maximum absolute atomic E-state index is 10.2. The first-order valence-corrected chi connectivity index (χ1v) is 5.79. The minimum Gasteiger partial charge on any atom is -0.481 e. The van der Waals surface area contributed by atoms with Crippen LogP contribution in [0.3, 0.4) is 0 Å². The molecule has 2 nitrogen and oxygen atoms in total. The van der Waals surface area contributed by atoms with Crippen molar-refractivity contribution in [3.63, 3.8) is 0 Å². The molecule has 0 spiro atoms. The predicted octanol–water partition coefficient (Wildman–Crippen LogP) is 3.93. The first-order chi connectivity index (χ1) is 7.27. The number of allylic oxidation sites excluding steroid dienone is 4. The van der Waals surface area contributed by atoms with Gasteiger partial charge in [-0.05, 0) is 32.1 Å². The summed E-state index contributed by atoms with van der Waals surface area (Å²) in [5.74, 6) is -0.685. The zero-order chi connectivity index (χ0) is 11.4. The molecule has 2 heteroatoms. The Balaban J connectivity index is 3.16. The van der Waals surface area contributed by atoms with Gasteiger partial charge in [0, 0.05) is 6.42 Å². The molecule has 0 aromatic rings. The van der Waals surface area contributed by atoms with Gasteiger partial charge in [-0.3, -0.25) is 4.79 Å². The lowest BCUT2D eigenvalue weighted by atomic mass is 10.1. The molecule has 0 saturated carbocycles. The van der Waals surface area contributed by atoms with Crippen LogP contribution in [0.25, 0.3) is 0 Å². The molecular weight excluding hydrogens is 188 g/mol. The van der Waals surface area contributed by atoms with E-state index >= 15 is 0 Å². The summed E-state index contributed by atoms with van der Waals surface area (Å²) in [6, 6.07) is 0. The normalized spacial score (nSPS) is 11.5. The molecule has 0 aliphatic heterocycles. The number of carbonyl (C=O) groups is 1. The standard InChI is InChI=1S/C13H22O2/c1-2-3-4-5-6-7-8-9-10-11-12-13(14)15/h3-4,6-7H,2,5,8-12H2,1H3,(H,14,15). The maximum Gasteiger partial charge on any atom is 0.303 e. The summed E-state index contributed by atoms with van der Waals surface area (Å²) in [7, 11) is 0. The van der Waals surface area contributed by atoms with Crippen LogP contribution in [-0.4, -0.2) is 11.1 Å². The zero-order valence-electron chi connectivity index (χ0n) is 9.61. The molecule has 86 valence electrons. The molecule has 15 heavy (non-hydrogen) atoms. The summed E-state index contributed by atoms with van der Waals surface area (Å²) in [6.07, 6.45) is 15.1. The first-order valence-electron chi connectivity index (χ1n) is 5.79. The summed E-state index contributed by atoms with van der Waals surface area (Å²) in [4.78, 5) is 10.2. The molecule has 0 aromatic heterocycles. The van der Waals surface area contributed by atoms with Crippen molar-refractivity contribution in [1.82, 2.24) is 0 Å². The van der Waals surface area contributed by atoms with E-state index in [2.05, 4.69) is 31.2 Å². The number of carboxylic acids is 1. The van der Waals surface area contributed by atoms with E-state index in [-0.39, 0.29) is 0 Å². The molecule has 0 aromatic carbocycles. The molecule has 0 amide bonds. The molecule has 1 N–H and O–H groups in total. The minimum absolute atomic E-state index is 0.308. The van der Waals surface area contributed by atoms with Crippen molar-refractivity contribution in [2.45, 2.75) is 51.9 Å². The van der Waals surface area contributed by atoms with Gasteiger partial charge in [-0.1, -0.05) is 37.6 Å². The highest BCUT2D eigenvalue weighted by atomic mass is 16.4. The first kappa shape index (κ1) is 13.9. The predicted molar refractivity (Wildman–Crippen MR) is 63.9 cm³/mol. The fraction of sp³-hybridized carbons (Fsp3) is 0.615. The summed E-state index contributed by atoms with van der Waals surface area (Å²) in [6.45, 7) is 2.13. The molecule has 0 atom stereocenters.